The maximum absolute atomic E-state index is 11.6. The Hall–Kier alpha value is -1.73. The Morgan fingerprint density at radius 2 is 2.35 bits per heavy atom. The maximum atomic E-state index is 11.6. The third-order valence-corrected chi connectivity index (χ3v) is 2.56. The molecule has 1 rings (SSSR count). The molecule has 0 aliphatic carbocycles. The van der Waals surface area contributed by atoms with Crippen molar-refractivity contribution in [2.45, 2.75) is 13.3 Å². The number of benzene rings is 1. The van der Waals surface area contributed by atoms with Crippen LogP contribution in [0.15, 0.2) is 18.2 Å². The van der Waals surface area contributed by atoms with Crippen LogP contribution >= 0.6 is 11.6 Å². The average Bonchev–Trinajstić information content (AvgIpc) is 2.29. The van der Waals surface area contributed by atoms with Gasteiger partial charge in [-0.15, -0.1) is 0 Å². The highest BCUT2D eigenvalue weighted by molar-refractivity contribution is 6.32. The number of anilines is 1. The minimum Gasteiger partial charge on any atom is -0.495 e. The highest BCUT2D eigenvalue weighted by Gasteiger charge is 2.13. The van der Waals surface area contributed by atoms with Gasteiger partial charge in [-0.1, -0.05) is 18.5 Å². The molecule has 1 N–H and O–H groups in total. The van der Waals surface area contributed by atoms with E-state index in [1.54, 1.807) is 25.1 Å². The van der Waals surface area contributed by atoms with Crippen molar-refractivity contribution in [3.05, 3.63) is 23.2 Å². The number of rotatable bonds is 4. The number of nitrogens with one attached hydrogen (secondary N) is 1. The number of halogens is 1. The number of methoxy groups -OCH3 is 1. The Bertz CT molecular complexity index is 454. The third-order valence-electron chi connectivity index (χ3n) is 2.26. The number of nitrogens with zero attached hydrogens (tertiary/aromatic N) is 1. The summed E-state index contributed by atoms with van der Waals surface area (Å²) in [5.74, 6) is 0.00315. The molecule has 0 fully saturated rings. The van der Waals surface area contributed by atoms with Gasteiger partial charge >= 0.3 is 0 Å². The van der Waals surface area contributed by atoms with Gasteiger partial charge in [0.2, 0.25) is 5.91 Å². The Labute approximate surface area is 105 Å². The minimum atomic E-state index is -0.346. The van der Waals surface area contributed by atoms with E-state index in [1.165, 1.54) is 7.11 Å². The van der Waals surface area contributed by atoms with Gasteiger partial charge in [-0.25, -0.2) is 0 Å². The first-order valence-corrected chi connectivity index (χ1v) is 5.47. The molecule has 5 heteroatoms. The standard InChI is InChI=1S/C12H13ClN2O2/c1-8(5-6-14)12(16)15-9-3-4-11(17-2)10(13)7-9/h3-4,7-8H,5H2,1-2H3,(H,15,16). The van der Waals surface area contributed by atoms with Crippen molar-refractivity contribution in [2.24, 2.45) is 5.92 Å². The smallest absolute Gasteiger partial charge is 0.228 e. The van der Waals surface area contributed by atoms with E-state index in [0.29, 0.717) is 16.5 Å². The lowest BCUT2D eigenvalue weighted by molar-refractivity contribution is -0.119. The van der Waals surface area contributed by atoms with Crippen molar-refractivity contribution in [3.8, 4) is 11.8 Å². The summed E-state index contributed by atoms with van der Waals surface area (Å²) in [5, 5.41) is 11.6. The van der Waals surface area contributed by atoms with Gasteiger partial charge < -0.3 is 10.1 Å². The first-order valence-electron chi connectivity index (χ1n) is 5.09. The Morgan fingerprint density at radius 3 is 2.88 bits per heavy atom. The Morgan fingerprint density at radius 1 is 1.65 bits per heavy atom. The summed E-state index contributed by atoms with van der Waals surface area (Å²) in [6.07, 6.45) is 0.190. The van der Waals surface area contributed by atoms with Crippen LogP contribution in [0.3, 0.4) is 0 Å². The van der Waals surface area contributed by atoms with E-state index in [2.05, 4.69) is 5.32 Å². The second kappa shape index (κ2) is 6.12. The number of ether oxygens (including phenoxy) is 1. The van der Waals surface area contributed by atoms with E-state index in [1.807, 2.05) is 6.07 Å². The van der Waals surface area contributed by atoms with E-state index in [9.17, 15) is 4.79 Å². The van der Waals surface area contributed by atoms with E-state index in [-0.39, 0.29) is 18.2 Å². The molecule has 0 radical (unpaired) electrons. The summed E-state index contributed by atoms with van der Waals surface area (Å²) in [7, 11) is 1.52. The number of hydrogen-bond acceptors (Lipinski definition) is 3. The molecule has 0 saturated heterocycles. The summed E-state index contributed by atoms with van der Waals surface area (Å²) >= 11 is 5.93. The number of nitriles is 1. The van der Waals surface area contributed by atoms with Gasteiger partial charge in [-0.05, 0) is 18.2 Å². The van der Waals surface area contributed by atoms with Gasteiger partial charge in [0.05, 0.1) is 18.2 Å². The summed E-state index contributed by atoms with van der Waals surface area (Å²) in [5.41, 5.74) is 0.589. The fourth-order valence-corrected chi connectivity index (χ4v) is 1.50. The molecule has 1 unspecified atom stereocenters. The van der Waals surface area contributed by atoms with Crippen molar-refractivity contribution < 1.29 is 9.53 Å². The lowest BCUT2D eigenvalue weighted by atomic mass is 10.1. The van der Waals surface area contributed by atoms with E-state index >= 15 is 0 Å². The zero-order valence-electron chi connectivity index (χ0n) is 9.66. The molecule has 4 nitrogen and oxygen atoms in total. The van der Waals surface area contributed by atoms with Crippen LogP contribution in [0.4, 0.5) is 5.69 Å². The molecule has 0 aliphatic rings. The minimum absolute atomic E-state index is 0.190. The van der Waals surface area contributed by atoms with Gasteiger partial charge in [0.15, 0.2) is 0 Å². The molecule has 90 valence electrons. The first kappa shape index (κ1) is 13.3. The predicted octanol–water partition coefficient (Wildman–Crippen LogP) is 2.84. The topological polar surface area (TPSA) is 62.1 Å². The van der Waals surface area contributed by atoms with Crippen molar-refractivity contribution in [1.29, 1.82) is 5.26 Å². The largest absolute Gasteiger partial charge is 0.495 e. The predicted molar refractivity (Wildman–Crippen MR) is 66.0 cm³/mol. The third kappa shape index (κ3) is 3.65. The van der Waals surface area contributed by atoms with Crippen molar-refractivity contribution in [1.82, 2.24) is 0 Å². The van der Waals surface area contributed by atoms with Crippen LogP contribution < -0.4 is 10.1 Å². The lowest BCUT2D eigenvalue weighted by Crippen LogP contribution is -2.19. The quantitative estimate of drug-likeness (QED) is 0.896. The van der Waals surface area contributed by atoms with Gasteiger partial charge in [0.1, 0.15) is 5.75 Å². The van der Waals surface area contributed by atoms with E-state index in [0.717, 1.165) is 0 Å². The Balaban J connectivity index is 2.73. The van der Waals surface area contributed by atoms with Crippen LogP contribution in [0, 0.1) is 17.2 Å². The molecule has 0 saturated carbocycles. The number of amides is 1. The van der Waals surface area contributed by atoms with Gasteiger partial charge in [0.25, 0.3) is 0 Å². The second-order valence-corrected chi connectivity index (χ2v) is 4.01. The maximum Gasteiger partial charge on any atom is 0.228 e. The normalized spacial score (nSPS) is 11.4. The molecule has 17 heavy (non-hydrogen) atoms. The Kier molecular flexibility index (Phi) is 4.80. The fraction of sp³-hybridized carbons (Fsp3) is 0.333. The second-order valence-electron chi connectivity index (χ2n) is 3.60. The highest BCUT2D eigenvalue weighted by Crippen LogP contribution is 2.27. The molecule has 0 bridgehead atoms. The van der Waals surface area contributed by atoms with Gasteiger partial charge in [0, 0.05) is 18.0 Å². The van der Waals surface area contributed by atoms with Crippen LogP contribution in [0.25, 0.3) is 0 Å². The zero-order chi connectivity index (χ0) is 12.8. The van der Waals surface area contributed by atoms with Crippen molar-refractivity contribution in [3.63, 3.8) is 0 Å². The number of hydrogen-bond donors (Lipinski definition) is 1. The molecule has 0 aliphatic heterocycles. The number of carbonyl (C=O) groups is 1. The van der Waals surface area contributed by atoms with Crippen LogP contribution in [-0.4, -0.2) is 13.0 Å². The van der Waals surface area contributed by atoms with Crippen molar-refractivity contribution >= 4 is 23.2 Å². The SMILES string of the molecule is COc1ccc(NC(=O)C(C)CC#N)cc1Cl. The summed E-state index contributed by atoms with van der Waals surface area (Å²) in [6.45, 7) is 1.70. The van der Waals surface area contributed by atoms with E-state index in [4.69, 9.17) is 21.6 Å². The fourth-order valence-electron chi connectivity index (χ4n) is 1.24. The summed E-state index contributed by atoms with van der Waals surface area (Å²) < 4.78 is 5.00. The summed E-state index contributed by atoms with van der Waals surface area (Å²) in [6, 6.07) is 6.94. The van der Waals surface area contributed by atoms with Crippen LogP contribution in [0.1, 0.15) is 13.3 Å². The zero-order valence-corrected chi connectivity index (χ0v) is 10.4. The molecule has 1 amide bonds. The van der Waals surface area contributed by atoms with E-state index < -0.39 is 0 Å². The number of carbonyl (C=O) groups excluding carboxylic acids is 1. The van der Waals surface area contributed by atoms with Gasteiger partial charge in [-0.2, -0.15) is 5.26 Å². The van der Waals surface area contributed by atoms with Gasteiger partial charge in [-0.3, -0.25) is 4.79 Å². The monoisotopic (exact) mass is 252 g/mol. The summed E-state index contributed by atoms with van der Waals surface area (Å²) in [4.78, 5) is 11.6. The van der Waals surface area contributed by atoms with Crippen LogP contribution in [-0.2, 0) is 4.79 Å². The molecule has 1 aromatic rings. The molecule has 0 aromatic heterocycles. The average molecular weight is 253 g/mol. The highest BCUT2D eigenvalue weighted by atomic mass is 35.5. The molecular formula is C12H13ClN2O2. The molecular weight excluding hydrogens is 240 g/mol. The van der Waals surface area contributed by atoms with Crippen LogP contribution in [0.2, 0.25) is 5.02 Å². The molecule has 0 spiro atoms. The molecule has 1 atom stereocenters. The first-order chi connectivity index (χ1) is 8.08. The van der Waals surface area contributed by atoms with Crippen LogP contribution in [0.5, 0.6) is 5.75 Å². The molecule has 1 aromatic carbocycles. The molecule has 0 heterocycles. The van der Waals surface area contributed by atoms with Crippen molar-refractivity contribution in [2.75, 3.05) is 12.4 Å². The lowest BCUT2D eigenvalue weighted by Gasteiger charge is -2.10.